The zero-order chi connectivity index (χ0) is 15.5. The molecule has 1 aromatic carbocycles. The van der Waals surface area contributed by atoms with Gasteiger partial charge in [0.15, 0.2) is 0 Å². The molecular formula is C13H11F3N2O3. The third-order valence-corrected chi connectivity index (χ3v) is 2.71. The lowest BCUT2D eigenvalue weighted by atomic mass is 10.2. The van der Waals surface area contributed by atoms with Gasteiger partial charge in [-0.3, -0.25) is 10.1 Å². The highest BCUT2D eigenvalue weighted by Gasteiger charge is 2.33. The van der Waals surface area contributed by atoms with Gasteiger partial charge in [0.05, 0.1) is 23.1 Å². The van der Waals surface area contributed by atoms with E-state index in [-0.39, 0.29) is 12.4 Å². The molecule has 21 heavy (non-hydrogen) atoms. The lowest BCUT2D eigenvalue weighted by molar-refractivity contribution is -0.385. The molecule has 0 aliphatic carbocycles. The molecule has 1 heterocycles. The van der Waals surface area contributed by atoms with E-state index < -0.39 is 22.4 Å². The minimum Gasteiger partial charge on any atom is -0.491 e. The normalized spacial score (nSPS) is 11.4. The lowest BCUT2D eigenvalue weighted by Crippen LogP contribution is -2.09. The van der Waals surface area contributed by atoms with E-state index in [1.807, 2.05) is 0 Å². The number of hydrogen-bond donors (Lipinski definition) is 0. The molecule has 1 aromatic heterocycles. The van der Waals surface area contributed by atoms with Crippen molar-refractivity contribution in [3.8, 4) is 5.75 Å². The molecule has 0 unspecified atom stereocenters. The van der Waals surface area contributed by atoms with Crippen LogP contribution < -0.4 is 4.74 Å². The van der Waals surface area contributed by atoms with Gasteiger partial charge in [0, 0.05) is 18.5 Å². The van der Waals surface area contributed by atoms with E-state index in [1.165, 1.54) is 0 Å². The Labute approximate surface area is 117 Å². The van der Waals surface area contributed by atoms with E-state index in [0.29, 0.717) is 12.6 Å². The van der Waals surface area contributed by atoms with Crippen molar-refractivity contribution in [3.63, 3.8) is 0 Å². The summed E-state index contributed by atoms with van der Waals surface area (Å²) in [6, 6.07) is 5.82. The molecule has 8 heteroatoms. The van der Waals surface area contributed by atoms with Crippen LogP contribution in [-0.2, 0) is 12.7 Å². The molecular weight excluding hydrogens is 289 g/mol. The number of non-ortho nitro benzene ring substituents is 1. The summed E-state index contributed by atoms with van der Waals surface area (Å²) < 4.78 is 45.0. The molecule has 0 fully saturated rings. The van der Waals surface area contributed by atoms with Gasteiger partial charge in [-0.1, -0.05) is 0 Å². The molecule has 0 amide bonds. The number of alkyl halides is 3. The molecule has 0 bridgehead atoms. The Morgan fingerprint density at radius 1 is 1.19 bits per heavy atom. The molecule has 0 atom stereocenters. The molecule has 0 aliphatic rings. The van der Waals surface area contributed by atoms with Crippen molar-refractivity contribution < 1.29 is 22.8 Å². The topological polar surface area (TPSA) is 57.3 Å². The van der Waals surface area contributed by atoms with E-state index in [1.54, 1.807) is 29.1 Å². The van der Waals surface area contributed by atoms with Gasteiger partial charge in [-0.2, -0.15) is 13.2 Å². The van der Waals surface area contributed by atoms with Crippen LogP contribution in [0.3, 0.4) is 0 Å². The summed E-state index contributed by atoms with van der Waals surface area (Å²) >= 11 is 0. The molecule has 0 aliphatic heterocycles. The number of ether oxygens (including phenoxy) is 1. The van der Waals surface area contributed by atoms with Crippen LogP contribution in [0.25, 0.3) is 0 Å². The first kappa shape index (κ1) is 14.9. The van der Waals surface area contributed by atoms with Gasteiger partial charge in [0.25, 0.3) is 5.69 Å². The van der Waals surface area contributed by atoms with Crippen molar-refractivity contribution in [2.24, 2.45) is 0 Å². The summed E-state index contributed by atoms with van der Waals surface area (Å²) in [5, 5.41) is 10.7. The molecule has 0 radical (unpaired) electrons. The number of hydrogen-bond acceptors (Lipinski definition) is 3. The van der Waals surface area contributed by atoms with Crippen molar-refractivity contribution in [3.05, 3.63) is 58.4 Å². The van der Waals surface area contributed by atoms with Crippen LogP contribution in [0.4, 0.5) is 18.9 Å². The molecule has 0 saturated carbocycles. The third-order valence-electron chi connectivity index (χ3n) is 2.71. The second-order valence-electron chi connectivity index (χ2n) is 4.24. The Morgan fingerprint density at radius 2 is 1.86 bits per heavy atom. The fourth-order valence-electron chi connectivity index (χ4n) is 1.72. The number of nitrogens with zero attached hydrogens (tertiary/aromatic N) is 2. The molecule has 112 valence electrons. The SMILES string of the molecule is O=[N+]([O-])c1cc(OCCn2cccc2)cc(C(F)(F)F)c1. The highest BCUT2D eigenvalue weighted by Crippen LogP contribution is 2.34. The van der Waals surface area contributed by atoms with Crippen LogP contribution in [-0.4, -0.2) is 16.1 Å². The molecule has 0 N–H and O–H groups in total. The zero-order valence-corrected chi connectivity index (χ0v) is 10.7. The van der Waals surface area contributed by atoms with E-state index in [9.17, 15) is 23.3 Å². The number of nitro benzene ring substituents is 1. The summed E-state index contributed by atoms with van der Waals surface area (Å²) in [7, 11) is 0. The highest BCUT2D eigenvalue weighted by molar-refractivity contribution is 5.43. The minimum atomic E-state index is -4.66. The molecule has 2 aromatic rings. The Morgan fingerprint density at radius 3 is 2.43 bits per heavy atom. The van der Waals surface area contributed by atoms with Gasteiger partial charge in [-0.25, -0.2) is 0 Å². The first-order valence-corrected chi connectivity index (χ1v) is 5.96. The maximum absolute atomic E-state index is 12.7. The number of nitro groups is 1. The van der Waals surface area contributed by atoms with Crippen molar-refractivity contribution >= 4 is 5.69 Å². The van der Waals surface area contributed by atoms with Crippen LogP contribution in [0.5, 0.6) is 5.75 Å². The Hall–Kier alpha value is -2.51. The van der Waals surface area contributed by atoms with Crippen LogP contribution in [0.1, 0.15) is 5.56 Å². The number of rotatable bonds is 5. The average Bonchev–Trinajstić information content (AvgIpc) is 2.90. The van der Waals surface area contributed by atoms with E-state index in [2.05, 4.69) is 0 Å². The van der Waals surface area contributed by atoms with Gasteiger partial charge < -0.3 is 9.30 Å². The number of aromatic nitrogens is 1. The quantitative estimate of drug-likeness (QED) is 0.627. The fourth-order valence-corrected chi connectivity index (χ4v) is 1.72. The summed E-state index contributed by atoms with van der Waals surface area (Å²) in [5.74, 6) is -0.177. The predicted molar refractivity (Wildman–Crippen MR) is 68.0 cm³/mol. The van der Waals surface area contributed by atoms with E-state index in [0.717, 1.165) is 12.1 Å². The second kappa shape index (κ2) is 5.86. The molecule has 0 spiro atoms. The second-order valence-corrected chi connectivity index (χ2v) is 4.24. The van der Waals surface area contributed by atoms with Crippen LogP contribution in [0.2, 0.25) is 0 Å². The summed E-state index contributed by atoms with van der Waals surface area (Å²) in [6.45, 7) is 0.532. The number of halogens is 3. The lowest BCUT2D eigenvalue weighted by Gasteiger charge is -2.11. The monoisotopic (exact) mass is 300 g/mol. The summed E-state index contributed by atoms with van der Waals surface area (Å²) in [5.41, 5.74) is -1.76. The van der Waals surface area contributed by atoms with Crippen molar-refractivity contribution in [1.82, 2.24) is 4.57 Å². The van der Waals surface area contributed by atoms with Crippen LogP contribution >= 0.6 is 0 Å². The molecule has 0 saturated heterocycles. The average molecular weight is 300 g/mol. The van der Waals surface area contributed by atoms with Crippen LogP contribution in [0.15, 0.2) is 42.7 Å². The Balaban J connectivity index is 2.14. The maximum atomic E-state index is 12.7. The molecule has 5 nitrogen and oxygen atoms in total. The largest absolute Gasteiger partial charge is 0.491 e. The van der Waals surface area contributed by atoms with E-state index >= 15 is 0 Å². The van der Waals surface area contributed by atoms with E-state index in [4.69, 9.17) is 4.74 Å². The van der Waals surface area contributed by atoms with Gasteiger partial charge in [-0.15, -0.1) is 0 Å². The Kier molecular flexibility index (Phi) is 4.15. The van der Waals surface area contributed by atoms with Gasteiger partial charge in [0.2, 0.25) is 0 Å². The van der Waals surface area contributed by atoms with Crippen LogP contribution in [0, 0.1) is 10.1 Å². The van der Waals surface area contributed by atoms with Gasteiger partial charge in [-0.05, 0) is 18.2 Å². The van der Waals surface area contributed by atoms with Crippen molar-refractivity contribution in [2.75, 3.05) is 6.61 Å². The van der Waals surface area contributed by atoms with Crippen molar-refractivity contribution in [1.29, 1.82) is 0 Å². The predicted octanol–water partition coefficient (Wildman–Crippen LogP) is 3.49. The fraction of sp³-hybridized carbons (Fsp3) is 0.231. The smallest absolute Gasteiger partial charge is 0.416 e. The first-order chi connectivity index (χ1) is 9.86. The molecule has 2 rings (SSSR count). The summed E-state index contributed by atoms with van der Waals surface area (Å²) in [6.07, 6.45) is -1.11. The Bertz CT molecular complexity index is 624. The minimum absolute atomic E-state index is 0.104. The summed E-state index contributed by atoms with van der Waals surface area (Å²) in [4.78, 5) is 9.79. The third kappa shape index (κ3) is 3.98. The van der Waals surface area contributed by atoms with Crippen molar-refractivity contribution in [2.45, 2.75) is 12.7 Å². The maximum Gasteiger partial charge on any atom is 0.416 e. The van der Waals surface area contributed by atoms with Gasteiger partial charge >= 0.3 is 6.18 Å². The first-order valence-electron chi connectivity index (χ1n) is 5.96. The highest BCUT2D eigenvalue weighted by atomic mass is 19.4. The number of benzene rings is 1. The standard InChI is InChI=1S/C13H11F3N2O3/c14-13(15,16)10-7-11(18(19)20)9-12(8-10)21-6-5-17-3-1-2-4-17/h1-4,7-9H,5-6H2. The zero-order valence-electron chi connectivity index (χ0n) is 10.7. The van der Waals surface area contributed by atoms with Gasteiger partial charge in [0.1, 0.15) is 12.4 Å².